The lowest BCUT2D eigenvalue weighted by Gasteiger charge is -2.16. The molecule has 6 nitrogen and oxygen atoms in total. The minimum atomic E-state index is -0.0454. The number of amides is 3. The fourth-order valence-electron chi connectivity index (χ4n) is 3.41. The maximum absolute atomic E-state index is 12.0. The van der Waals surface area contributed by atoms with Crippen molar-refractivity contribution in [1.82, 2.24) is 16.0 Å². The van der Waals surface area contributed by atoms with Gasteiger partial charge in [-0.1, -0.05) is 24.6 Å². The van der Waals surface area contributed by atoms with E-state index in [-0.39, 0.29) is 24.0 Å². The zero-order valence-electron chi connectivity index (χ0n) is 14.4. The maximum Gasteiger partial charge on any atom is 0.315 e. The van der Waals surface area contributed by atoms with Crippen LogP contribution in [0.3, 0.4) is 0 Å². The summed E-state index contributed by atoms with van der Waals surface area (Å²) in [7, 11) is 1.63. The lowest BCUT2D eigenvalue weighted by Crippen LogP contribution is -2.36. The van der Waals surface area contributed by atoms with Crippen molar-refractivity contribution in [1.29, 1.82) is 0 Å². The molecule has 136 valence electrons. The van der Waals surface area contributed by atoms with Crippen LogP contribution in [0.15, 0.2) is 24.3 Å². The molecule has 3 N–H and O–H groups in total. The first-order valence-electron chi connectivity index (χ1n) is 8.74. The molecule has 7 heteroatoms. The van der Waals surface area contributed by atoms with Crippen LogP contribution >= 0.6 is 11.8 Å². The van der Waals surface area contributed by atoms with Crippen molar-refractivity contribution in [3.8, 4) is 5.75 Å². The van der Waals surface area contributed by atoms with Gasteiger partial charge in [-0.3, -0.25) is 4.79 Å². The summed E-state index contributed by atoms with van der Waals surface area (Å²) < 4.78 is 5.29. The third kappa shape index (κ3) is 4.60. The molecule has 3 rings (SSSR count). The molecule has 3 amide bonds. The van der Waals surface area contributed by atoms with Gasteiger partial charge in [0.1, 0.15) is 5.75 Å². The van der Waals surface area contributed by atoms with Crippen molar-refractivity contribution in [3.63, 3.8) is 0 Å². The number of rotatable bonds is 8. The molecule has 2 fully saturated rings. The molecule has 2 heterocycles. The summed E-state index contributed by atoms with van der Waals surface area (Å²) in [5.41, 5.74) is 0.983. The first kappa shape index (κ1) is 17.9. The van der Waals surface area contributed by atoms with Gasteiger partial charge in [0.05, 0.1) is 19.2 Å². The maximum atomic E-state index is 12.0. The fourth-order valence-corrected chi connectivity index (χ4v) is 4.95. The summed E-state index contributed by atoms with van der Waals surface area (Å²) in [4.78, 5) is 23.4. The molecular formula is C18H25N3O3S. The van der Waals surface area contributed by atoms with Gasteiger partial charge < -0.3 is 20.7 Å². The van der Waals surface area contributed by atoms with E-state index in [2.05, 4.69) is 16.0 Å². The lowest BCUT2D eigenvalue weighted by atomic mass is 10.0. The van der Waals surface area contributed by atoms with Crippen LogP contribution in [0.5, 0.6) is 5.75 Å². The molecule has 0 saturated carbocycles. The molecule has 2 saturated heterocycles. The summed E-state index contributed by atoms with van der Waals surface area (Å²) in [6.45, 7) is 0.489. The molecule has 0 aliphatic carbocycles. The van der Waals surface area contributed by atoms with Crippen molar-refractivity contribution in [2.24, 2.45) is 0 Å². The standard InChI is InChI=1S/C18H25N3O3S/c1-24-14-7-3-2-6-12(14)10-19-16(22)9-5-4-8-15-17-13(11-25-15)20-18(23)21-17/h2-3,6-7,13,15,17H,4-5,8-11H2,1H3,(H,19,22)(H2,20,21,23)/t13-,15-,17-/m0/s1. The van der Waals surface area contributed by atoms with Gasteiger partial charge in [0.2, 0.25) is 5.91 Å². The minimum Gasteiger partial charge on any atom is -0.496 e. The molecule has 0 spiro atoms. The molecule has 0 unspecified atom stereocenters. The molecule has 0 radical (unpaired) electrons. The smallest absolute Gasteiger partial charge is 0.315 e. The number of nitrogens with one attached hydrogen (secondary N) is 3. The Labute approximate surface area is 152 Å². The number of unbranched alkanes of at least 4 members (excludes halogenated alkanes) is 1. The van der Waals surface area contributed by atoms with Crippen molar-refractivity contribution in [2.45, 2.75) is 49.6 Å². The van der Waals surface area contributed by atoms with Crippen molar-refractivity contribution in [3.05, 3.63) is 29.8 Å². The second-order valence-corrected chi connectivity index (χ2v) is 7.73. The average Bonchev–Trinajstić information content (AvgIpc) is 3.16. The van der Waals surface area contributed by atoms with E-state index in [4.69, 9.17) is 4.74 Å². The average molecular weight is 363 g/mol. The molecule has 1 aromatic rings. The van der Waals surface area contributed by atoms with Gasteiger partial charge in [0.25, 0.3) is 0 Å². The topological polar surface area (TPSA) is 79.5 Å². The van der Waals surface area contributed by atoms with E-state index >= 15 is 0 Å². The number of hydrogen-bond acceptors (Lipinski definition) is 4. The Morgan fingerprint density at radius 1 is 1.32 bits per heavy atom. The summed E-state index contributed by atoms with van der Waals surface area (Å²) in [5.74, 6) is 1.84. The summed E-state index contributed by atoms with van der Waals surface area (Å²) >= 11 is 1.92. The first-order valence-corrected chi connectivity index (χ1v) is 9.79. The van der Waals surface area contributed by atoms with Crippen LogP contribution in [0.2, 0.25) is 0 Å². The van der Waals surface area contributed by atoms with Gasteiger partial charge in [-0.15, -0.1) is 0 Å². The number of fused-ring (bicyclic) bond motifs is 1. The van der Waals surface area contributed by atoms with Crippen molar-refractivity contribution in [2.75, 3.05) is 12.9 Å². The van der Waals surface area contributed by atoms with Crippen molar-refractivity contribution < 1.29 is 14.3 Å². The number of benzene rings is 1. The van der Waals surface area contributed by atoms with Gasteiger partial charge in [-0.05, 0) is 18.9 Å². The van der Waals surface area contributed by atoms with E-state index in [0.717, 1.165) is 36.3 Å². The van der Waals surface area contributed by atoms with Gasteiger partial charge in [-0.25, -0.2) is 4.79 Å². The monoisotopic (exact) mass is 363 g/mol. The molecule has 2 aliphatic heterocycles. The normalized spacial score (nSPS) is 24.4. The number of urea groups is 1. The highest BCUT2D eigenvalue weighted by molar-refractivity contribution is 8.00. The Morgan fingerprint density at radius 2 is 2.16 bits per heavy atom. The largest absolute Gasteiger partial charge is 0.496 e. The number of carbonyl (C=O) groups is 2. The van der Waals surface area contributed by atoms with Crippen LogP contribution in [-0.4, -0.2) is 42.1 Å². The summed E-state index contributed by atoms with van der Waals surface area (Å²) in [5, 5.41) is 9.37. The number of methoxy groups -OCH3 is 1. The molecule has 1 aromatic carbocycles. The summed E-state index contributed by atoms with van der Waals surface area (Å²) in [6, 6.07) is 8.17. The number of hydrogen-bond donors (Lipinski definition) is 3. The lowest BCUT2D eigenvalue weighted by molar-refractivity contribution is -0.121. The van der Waals surface area contributed by atoms with Gasteiger partial charge in [0, 0.05) is 29.5 Å². The highest BCUT2D eigenvalue weighted by Gasteiger charge is 2.42. The first-order chi connectivity index (χ1) is 12.2. The predicted molar refractivity (Wildman–Crippen MR) is 98.8 cm³/mol. The number of thioether (sulfide) groups is 1. The summed E-state index contributed by atoms with van der Waals surface area (Å²) in [6.07, 6.45) is 3.44. The van der Waals surface area contributed by atoms with Crippen LogP contribution < -0.4 is 20.7 Å². The van der Waals surface area contributed by atoms with E-state index in [1.165, 1.54) is 0 Å². The zero-order valence-corrected chi connectivity index (χ0v) is 15.2. The van der Waals surface area contributed by atoms with E-state index in [1.807, 2.05) is 36.0 Å². The molecule has 3 atom stereocenters. The Balaban J connectivity index is 1.32. The van der Waals surface area contributed by atoms with E-state index < -0.39 is 0 Å². The molecule has 0 aromatic heterocycles. The predicted octanol–water partition coefficient (Wildman–Crippen LogP) is 2.04. The van der Waals surface area contributed by atoms with Gasteiger partial charge in [0.15, 0.2) is 0 Å². The molecule has 25 heavy (non-hydrogen) atoms. The SMILES string of the molecule is COc1ccccc1CNC(=O)CCCC[C@@H]1SC[C@@H]2NC(=O)N[C@@H]21. The van der Waals surface area contributed by atoms with Crippen LogP contribution in [0.4, 0.5) is 4.79 Å². The fraction of sp³-hybridized carbons (Fsp3) is 0.556. The Bertz CT molecular complexity index is 625. The van der Waals surface area contributed by atoms with E-state index in [0.29, 0.717) is 18.2 Å². The van der Waals surface area contributed by atoms with Crippen LogP contribution in [0.1, 0.15) is 31.2 Å². The molecule has 2 aliphatic rings. The van der Waals surface area contributed by atoms with E-state index in [1.54, 1.807) is 7.11 Å². The second kappa shape index (κ2) is 8.47. The van der Waals surface area contributed by atoms with Crippen molar-refractivity contribution >= 4 is 23.7 Å². The van der Waals surface area contributed by atoms with Gasteiger partial charge >= 0.3 is 6.03 Å². The third-order valence-electron chi connectivity index (χ3n) is 4.75. The van der Waals surface area contributed by atoms with Crippen LogP contribution in [0.25, 0.3) is 0 Å². The number of para-hydroxylation sites is 1. The minimum absolute atomic E-state index is 0.0454. The molecule has 0 bridgehead atoms. The van der Waals surface area contributed by atoms with Crippen LogP contribution in [0, 0.1) is 0 Å². The molecular weight excluding hydrogens is 338 g/mol. The second-order valence-electron chi connectivity index (χ2n) is 6.46. The Morgan fingerprint density at radius 3 is 3.00 bits per heavy atom. The Hall–Kier alpha value is -1.89. The zero-order chi connectivity index (χ0) is 17.6. The quantitative estimate of drug-likeness (QED) is 0.488. The third-order valence-corrected chi connectivity index (χ3v) is 6.26. The van der Waals surface area contributed by atoms with E-state index in [9.17, 15) is 9.59 Å². The number of carbonyl (C=O) groups excluding carboxylic acids is 2. The highest BCUT2D eigenvalue weighted by Crippen LogP contribution is 2.33. The van der Waals surface area contributed by atoms with Crippen LogP contribution in [-0.2, 0) is 11.3 Å². The number of ether oxygens (including phenoxy) is 1. The highest BCUT2D eigenvalue weighted by atomic mass is 32.2. The Kier molecular flexibility index (Phi) is 6.07. The van der Waals surface area contributed by atoms with Gasteiger partial charge in [-0.2, -0.15) is 11.8 Å².